The number of nitrogens with zero attached hydrogens (tertiary/aromatic N) is 2. The third-order valence-corrected chi connectivity index (χ3v) is 5.37. The van der Waals surface area contributed by atoms with E-state index in [-0.39, 0.29) is 17.8 Å². The number of piperazine rings is 1. The van der Waals surface area contributed by atoms with Gasteiger partial charge in [0.15, 0.2) is 0 Å². The van der Waals surface area contributed by atoms with Gasteiger partial charge in [0.2, 0.25) is 5.91 Å². The molecule has 0 saturated carbocycles. The van der Waals surface area contributed by atoms with Gasteiger partial charge in [0.1, 0.15) is 5.82 Å². The third-order valence-electron chi connectivity index (χ3n) is 5.37. The molecule has 1 amide bonds. The fourth-order valence-corrected chi connectivity index (χ4v) is 3.93. The second-order valence-electron chi connectivity index (χ2n) is 7.38. The summed E-state index contributed by atoms with van der Waals surface area (Å²) in [5.74, 6) is -0.179. The number of carbonyl (C=O) groups excluding carboxylic acids is 1. The number of pyridine rings is 1. The van der Waals surface area contributed by atoms with Gasteiger partial charge in [-0.2, -0.15) is 0 Å². The molecule has 1 atom stereocenters. The smallest absolute Gasteiger partial charge is 0.237 e. The van der Waals surface area contributed by atoms with E-state index in [0.717, 1.165) is 40.7 Å². The van der Waals surface area contributed by atoms with Gasteiger partial charge in [0.05, 0.1) is 17.3 Å². The molecule has 3 aromatic rings. The summed E-state index contributed by atoms with van der Waals surface area (Å²) in [4.78, 5) is 19.4. The Morgan fingerprint density at radius 1 is 1.18 bits per heavy atom. The minimum atomic E-state index is -0.263. The molecule has 2 aromatic carbocycles. The maximum absolute atomic E-state index is 13.4. The van der Waals surface area contributed by atoms with Crippen LogP contribution in [0.5, 0.6) is 0 Å². The minimum absolute atomic E-state index is 0.0849. The van der Waals surface area contributed by atoms with Crippen molar-refractivity contribution in [3.05, 3.63) is 65.5 Å². The summed E-state index contributed by atoms with van der Waals surface area (Å²) in [6.45, 7) is 6.19. The predicted octanol–water partition coefficient (Wildman–Crippen LogP) is 4.06. The van der Waals surface area contributed by atoms with Gasteiger partial charge in [-0.15, -0.1) is 0 Å². The van der Waals surface area contributed by atoms with Crippen molar-refractivity contribution in [1.29, 1.82) is 0 Å². The molecule has 1 aromatic heterocycles. The molecular formula is C23H24FN3O. The zero-order valence-corrected chi connectivity index (χ0v) is 16.2. The lowest BCUT2D eigenvalue weighted by Gasteiger charge is -2.34. The van der Waals surface area contributed by atoms with Crippen molar-refractivity contribution in [2.75, 3.05) is 13.1 Å². The topological polar surface area (TPSA) is 45.2 Å². The van der Waals surface area contributed by atoms with Gasteiger partial charge in [-0.1, -0.05) is 18.6 Å². The van der Waals surface area contributed by atoms with Crippen LogP contribution in [0.25, 0.3) is 22.2 Å². The quantitative estimate of drug-likeness (QED) is 0.746. The fourth-order valence-electron chi connectivity index (χ4n) is 3.93. The van der Waals surface area contributed by atoms with Crippen LogP contribution in [-0.4, -0.2) is 34.9 Å². The molecule has 1 aliphatic rings. The van der Waals surface area contributed by atoms with Crippen LogP contribution in [0.15, 0.2) is 48.5 Å². The molecule has 4 rings (SSSR count). The summed E-state index contributed by atoms with van der Waals surface area (Å²) in [7, 11) is 0. The monoisotopic (exact) mass is 377 g/mol. The summed E-state index contributed by atoms with van der Waals surface area (Å²) < 4.78 is 13.4. The Morgan fingerprint density at radius 2 is 1.96 bits per heavy atom. The first-order valence-electron chi connectivity index (χ1n) is 9.73. The first-order chi connectivity index (χ1) is 13.5. The number of aryl methyl sites for hydroxylation is 1. The molecular weight excluding hydrogens is 353 g/mol. The SMILES string of the molecule is CC[C@H]1C(=O)NCCN1Cc1cc2cc(C)ccc2nc1-c1ccc(F)cc1. The second kappa shape index (κ2) is 7.68. The number of nitrogens with one attached hydrogen (secondary N) is 1. The van der Waals surface area contributed by atoms with E-state index in [2.05, 4.69) is 29.3 Å². The van der Waals surface area contributed by atoms with Gasteiger partial charge in [0, 0.05) is 30.6 Å². The third kappa shape index (κ3) is 3.62. The first-order valence-corrected chi connectivity index (χ1v) is 9.73. The number of amides is 1. The van der Waals surface area contributed by atoms with Crippen molar-refractivity contribution < 1.29 is 9.18 Å². The van der Waals surface area contributed by atoms with E-state index in [0.29, 0.717) is 13.1 Å². The Balaban J connectivity index is 1.81. The van der Waals surface area contributed by atoms with Crippen molar-refractivity contribution in [3.63, 3.8) is 0 Å². The van der Waals surface area contributed by atoms with Crippen molar-refractivity contribution >= 4 is 16.8 Å². The molecule has 2 heterocycles. The zero-order valence-electron chi connectivity index (χ0n) is 16.2. The molecule has 28 heavy (non-hydrogen) atoms. The first kappa shape index (κ1) is 18.6. The van der Waals surface area contributed by atoms with Crippen LogP contribution in [0.3, 0.4) is 0 Å². The zero-order chi connectivity index (χ0) is 19.7. The standard InChI is InChI=1S/C23H24FN3O/c1-3-21-23(28)25-10-11-27(21)14-18-13-17-12-15(2)4-9-20(17)26-22(18)16-5-7-19(24)8-6-16/h4-9,12-13,21H,3,10-11,14H2,1-2H3,(H,25,28)/t21-/m0/s1. The molecule has 5 heteroatoms. The van der Waals surface area contributed by atoms with E-state index in [9.17, 15) is 9.18 Å². The molecule has 1 fully saturated rings. The predicted molar refractivity (Wildman–Crippen MR) is 109 cm³/mol. The van der Waals surface area contributed by atoms with E-state index in [1.54, 1.807) is 12.1 Å². The van der Waals surface area contributed by atoms with Gasteiger partial charge in [-0.25, -0.2) is 9.37 Å². The van der Waals surface area contributed by atoms with Gasteiger partial charge >= 0.3 is 0 Å². The Hall–Kier alpha value is -2.79. The maximum Gasteiger partial charge on any atom is 0.237 e. The van der Waals surface area contributed by atoms with E-state index in [4.69, 9.17) is 4.98 Å². The minimum Gasteiger partial charge on any atom is -0.353 e. The summed E-state index contributed by atoms with van der Waals surface area (Å²) >= 11 is 0. The summed E-state index contributed by atoms with van der Waals surface area (Å²) in [5.41, 5.74) is 4.87. The number of hydrogen-bond acceptors (Lipinski definition) is 3. The number of rotatable bonds is 4. The molecule has 1 saturated heterocycles. The number of benzene rings is 2. The van der Waals surface area contributed by atoms with Crippen LogP contribution in [0.1, 0.15) is 24.5 Å². The lowest BCUT2D eigenvalue weighted by molar-refractivity contribution is -0.129. The summed E-state index contributed by atoms with van der Waals surface area (Å²) in [6, 6.07) is 14.7. The lowest BCUT2D eigenvalue weighted by Crippen LogP contribution is -2.54. The lowest BCUT2D eigenvalue weighted by atomic mass is 10.0. The average molecular weight is 377 g/mol. The van der Waals surface area contributed by atoms with Crippen molar-refractivity contribution in [3.8, 4) is 11.3 Å². The highest BCUT2D eigenvalue weighted by atomic mass is 19.1. The molecule has 0 unspecified atom stereocenters. The molecule has 1 N–H and O–H groups in total. The maximum atomic E-state index is 13.4. The highest BCUT2D eigenvalue weighted by Gasteiger charge is 2.28. The van der Waals surface area contributed by atoms with Crippen molar-refractivity contribution in [2.24, 2.45) is 0 Å². The highest BCUT2D eigenvalue weighted by molar-refractivity contribution is 5.84. The number of halogens is 1. The van der Waals surface area contributed by atoms with Crippen LogP contribution in [-0.2, 0) is 11.3 Å². The molecule has 0 spiro atoms. The number of carbonyl (C=O) groups is 1. The molecule has 1 aliphatic heterocycles. The summed E-state index contributed by atoms with van der Waals surface area (Å²) in [5, 5.41) is 4.03. The number of hydrogen-bond donors (Lipinski definition) is 1. The average Bonchev–Trinajstić information content (AvgIpc) is 2.68. The second-order valence-corrected chi connectivity index (χ2v) is 7.38. The van der Waals surface area contributed by atoms with Crippen LogP contribution in [0, 0.1) is 12.7 Å². The van der Waals surface area contributed by atoms with Crippen LogP contribution < -0.4 is 5.32 Å². The molecule has 0 radical (unpaired) electrons. The van der Waals surface area contributed by atoms with Gasteiger partial charge < -0.3 is 5.32 Å². The molecule has 144 valence electrons. The van der Waals surface area contributed by atoms with Gasteiger partial charge in [-0.05, 0) is 61.4 Å². The number of aromatic nitrogens is 1. The normalized spacial score (nSPS) is 17.7. The molecule has 0 aliphatic carbocycles. The highest BCUT2D eigenvalue weighted by Crippen LogP contribution is 2.28. The van der Waals surface area contributed by atoms with Crippen molar-refractivity contribution in [2.45, 2.75) is 32.9 Å². The number of fused-ring (bicyclic) bond motifs is 1. The summed E-state index contributed by atoms with van der Waals surface area (Å²) in [6.07, 6.45) is 0.762. The van der Waals surface area contributed by atoms with Gasteiger partial charge in [0.25, 0.3) is 0 Å². The fraction of sp³-hybridized carbons (Fsp3) is 0.304. The van der Waals surface area contributed by atoms with E-state index < -0.39 is 0 Å². The Labute approximate surface area is 164 Å². The van der Waals surface area contributed by atoms with Gasteiger partial charge in [-0.3, -0.25) is 9.69 Å². The van der Waals surface area contributed by atoms with E-state index in [1.165, 1.54) is 17.7 Å². The van der Waals surface area contributed by atoms with E-state index >= 15 is 0 Å². The van der Waals surface area contributed by atoms with Crippen LogP contribution in [0.4, 0.5) is 4.39 Å². The molecule has 4 nitrogen and oxygen atoms in total. The van der Waals surface area contributed by atoms with Crippen LogP contribution in [0.2, 0.25) is 0 Å². The Bertz CT molecular complexity index is 1020. The Morgan fingerprint density at radius 3 is 2.71 bits per heavy atom. The van der Waals surface area contributed by atoms with E-state index in [1.807, 2.05) is 19.1 Å². The van der Waals surface area contributed by atoms with Crippen molar-refractivity contribution in [1.82, 2.24) is 15.2 Å². The molecule has 0 bridgehead atoms. The van der Waals surface area contributed by atoms with Crippen LogP contribution >= 0.6 is 0 Å². The largest absolute Gasteiger partial charge is 0.353 e. The Kier molecular flexibility index (Phi) is 5.09.